The highest BCUT2D eigenvalue weighted by Gasteiger charge is 2.22. The minimum Gasteiger partial charge on any atom is -0.355 e. The van der Waals surface area contributed by atoms with Crippen LogP contribution in [0.1, 0.15) is 33.4 Å². The Morgan fingerprint density at radius 2 is 1.67 bits per heavy atom. The van der Waals surface area contributed by atoms with E-state index in [4.69, 9.17) is 0 Å². The van der Waals surface area contributed by atoms with Gasteiger partial charge >= 0.3 is 0 Å². The van der Waals surface area contributed by atoms with Crippen LogP contribution in [0.3, 0.4) is 0 Å². The third-order valence-corrected chi connectivity index (χ3v) is 5.60. The van der Waals surface area contributed by atoms with E-state index in [0.717, 1.165) is 6.07 Å². The highest BCUT2D eigenvalue weighted by molar-refractivity contribution is 5.95. The van der Waals surface area contributed by atoms with E-state index >= 15 is 0 Å². The minimum absolute atomic E-state index is 0.0309. The summed E-state index contributed by atoms with van der Waals surface area (Å²) < 4.78 is 27.9. The van der Waals surface area contributed by atoms with Gasteiger partial charge in [-0.3, -0.25) is 19.6 Å². The van der Waals surface area contributed by atoms with Crippen molar-refractivity contribution in [3.63, 3.8) is 0 Å². The summed E-state index contributed by atoms with van der Waals surface area (Å²) in [5.74, 6) is -1.96. The van der Waals surface area contributed by atoms with Gasteiger partial charge in [0, 0.05) is 42.3 Å². The maximum absolute atomic E-state index is 13.9. The molecule has 0 bridgehead atoms. The fraction of sp³-hybridized carbons (Fsp3) is 0.143. The molecular formula is C28H24F2N4O2. The van der Waals surface area contributed by atoms with Crippen molar-refractivity contribution in [3.8, 4) is 11.1 Å². The maximum atomic E-state index is 13.9. The maximum Gasteiger partial charge on any atom is 0.251 e. The summed E-state index contributed by atoms with van der Waals surface area (Å²) in [6.45, 7) is 0. The van der Waals surface area contributed by atoms with E-state index < -0.39 is 17.7 Å². The second kappa shape index (κ2) is 11.3. The average Bonchev–Trinajstić information content (AvgIpc) is 2.88. The molecule has 0 saturated carbocycles. The van der Waals surface area contributed by atoms with Gasteiger partial charge < -0.3 is 10.6 Å². The first-order valence-corrected chi connectivity index (χ1v) is 11.3. The third-order valence-electron chi connectivity index (χ3n) is 5.60. The molecule has 0 spiro atoms. The Bertz CT molecular complexity index is 1360. The van der Waals surface area contributed by atoms with Crippen LogP contribution < -0.4 is 10.6 Å². The number of hydrogen-bond donors (Lipinski definition) is 2. The molecule has 2 amide bonds. The van der Waals surface area contributed by atoms with Crippen molar-refractivity contribution in [2.75, 3.05) is 7.05 Å². The molecule has 0 aliphatic rings. The van der Waals surface area contributed by atoms with Crippen molar-refractivity contribution in [1.82, 2.24) is 20.6 Å². The summed E-state index contributed by atoms with van der Waals surface area (Å²) in [4.78, 5) is 33.9. The molecule has 0 aliphatic heterocycles. The van der Waals surface area contributed by atoms with Gasteiger partial charge in [0.25, 0.3) is 5.91 Å². The molecule has 2 aromatic heterocycles. The molecule has 0 unspecified atom stereocenters. The summed E-state index contributed by atoms with van der Waals surface area (Å²) in [5, 5.41) is 5.56. The number of pyridine rings is 2. The molecule has 0 radical (unpaired) electrons. The van der Waals surface area contributed by atoms with E-state index in [0.29, 0.717) is 33.6 Å². The fourth-order valence-corrected chi connectivity index (χ4v) is 4.00. The second-order valence-electron chi connectivity index (χ2n) is 8.20. The van der Waals surface area contributed by atoms with Crippen LogP contribution >= 0.6 is 0 Å². The zero-order valence-corrected chi connectivity index (χ0v) is 19.5. The SMILES string of the molecule is CNC(=O)c1cccc(-c2cccnc2[C@H](Cc2cc(F)cc(F)c2)NC(=O)Cc2ccccn2)c1. The van der Waals surface area contributed by atoms with Crippen molar-refractivity contribution in [3.05, 3.63) is 119 Å². The molecule has 0 fully saturated rings. The number of nitrogens with one attached hydrogen (secondary N) is 2. The largest absolute Gasteiger partial charge is 0.355 e. The van der Waals surface area contributed by atoms with E-state index in [1.54, 1.807) is 61.9 Å². The van der Waals surface area contributed by atoms with E-state index in [1.807, 2.05) is 12.1 Å². The number of benzene rings is 2. The average molecular weight is 487 g/mol. The number of aromatic nitrogens is 2. The molecule has 8 heteroatoms. The fourth-order valence-electron chi connectivity index (χ4n) is 4.00. The molecule has 0 aliphatic carbocycles. The number of carbonyl (C=O) groups excluding carboxylic acids is 2. The number of hydrogen-bond acceptors (Lipinski definition) is 4. The lowest BCUT2D eigenvalue weighted by Crippen LogP contribution is -2.32. The third kappa shape index (κ3) is 6.15. The van der Waals surface area contributed by atoms with Gasteiger partial charge in [-0.2, -0.15) is 0 Å². The van der Waals surface area contributed by atoms with Gasteiger partial charge in [0.2, 0.25) is 5.91 Å². The number of halogens is 2. The van der Waals surface area contributed by atoms with Crippen LogP contribution in [0.25, 0.3) is 11.1 Å². The smallest absolute Gasteiger partial charge is 0.251 e. The molecule has 182 valence electrons. The zero-order chi connectivity index (χ0) is 25.5. The monoisotopic (exact) mass is 486 g/mol. The van der Waals surface area contributed by atoms with Crippen molar-refractivity contribution >= 4 is 11.8 Å². The van der Waals surface area contributed by atoms with Gasteiger partial charge in [0.1, 0.15) is 11.6 Å². The molecule has 6 nitrogen and oxygen atoms in total. The van der Waals surface area contributed by atoms with Crippen molar-refractivity contribution in [2.45, 2.75) is 18.9 Å². The van der Waals surface area contributed by atoms with Gasteiger partial charge in [-0.15, -0.1) is 0 Å². The lowest BCUT2D eigenvalue weighted by molar-refractivity contribution is -0.121. The second-order valence-corrected chi connectivity index (χ2v) is 8.20. The number of amides is 2. The number of carbonyl (C=O) groups is 2. The van der Waals surface area contributed by atoms with Crippen LogP contribution in [0.4, 0.5) is 8.78 Å². The Morgan fingerprint density at radius 1 is 0.889 bits per heavy atom. The normalized spacial score (nSPS) is 11.5. The van der Waals surface area contributed by atoms with Crippen LogP contribution in [0.2, 0.25) is 0 Å². The molecule has 2 aromatic carbocycles. The van der Waals surface area contributed by atoms with Crippen LogP contribution in [0.5, 0.6) is 0 Å². The van der Waals surface area contributed by atoms with Crippen molar-refractivity contribution in [1.29, 1.82) is 0 Å². The first kappa shape index (κ1) is 24.7. The topological polar surface area (TPSA) is 84.0 Å². The van der Waals surface area contributed by atoms with Crippen LogP contribution in [0, 0.1) is 11.6 Å². The van der Waals surface area contributed by atoms with E-state index in [9.17, 15) is 18.4 Å². The molecule has 36 heavy (non-hydrogen) atoms. The summed E-state index contributed by atoms with van der Waals surface area (Å²) in [6, 6.07) is 18.4. The minimum atomic E-state index is -0.706. The number of nitrogens with zero attached hydrogens (tertiary/aromatic N) is 2. The van der Waals surface area contributed by atoms with Gasteiger partial charge in [0.15, 0.2) is 0 Å². The molecule has 4 aromatic rings. The van der Waals surface area contributed by atoms with E-state index in [2.05, 4.69) is 20.6 Å². The molecule has 2 N–H and O–H groups in total. The summed E-state index contributed by atoms with van der Waals surface area (Å²) >= 11 is 0. The lowest BCUT2D eigenvalue weighted by Gasteiger charge is -2.22. The van der Waals surface area contributed by atoms with Crippen molar-refractivity contribution < 1.29 is 18.4 Å². The Kier molecular flexibility index (Phi) is 7.75. The molecule has 4 rings (SSSR count). The number of rotatable bonds is 8. The van der Waals surface area contributed by atoms with Gasteiger partial charge in [0.05, 0.1) is 18.2 Å². The van der Waals surface area contributed by atoms with E-state index in [1.165, 1.54) is 12.1 Å². The predicted molar refractivity (Wildman–Crippen MR) is 132 cm³/mol. The molecule has 2 heterocycles. The van der Waals surface area contributed by atoms with Crippen molar-refractivity contribution in [2.24, 2.45) is 0 Å². The van der Waals surface area contributed by atoms with Crippen LogP contribution in [0.15, 0.2) is 85.2 Å². The summed E-state index contributed by atoms with van der Waals surface area (Å²) in [6.07, 6.45) is 3.32. The predicted octanol–water partition coefficient (Wildman–Crippen LogP) is 4.42. The van der Waals surface area contributed by atoms with Gasteiger partial charge in [-0.05, 0) is 60.0 Å². The Morgan fingerprint density at radius 3 is 2.39 bits per heavy atom. The molecule has 1 atom stereocenters. The Balaban J connectivity index is 1.72. The van der Waals surface area contributed by atoms with Crippen LogP contribution in [-0.2, 0) is 17.6 Å². The van der Waals surface area contributed by atoms with Gasteiger partial charge in [-0.1, -0.05) is 24.3 Å². The van der Waals surface area contributed by atoms with E-state index in [-0.39, 0.29) is 24.7 Å². The Labute approximate surface area is 207 Å². The van der Waals surface area contributed by atoms with Crippen LogP contribution in [-0.4, -0.2) is 28.8 Å². The quantitative estimate of drug-likeness (QED) is 0.386. The Hall–Kier alpha value is -4.46. The first-order chi connectivity index (χ1) is 17.4. The molecule has 0 saturated heterocycles. The summed E-state index contributed by atoms with van der Waals surface area (Å²) in [5.41, 5.74) is 3.33. The highest BCUT2D eigenvalue weighted by Crippen LogP contribution is 2.30. The summed E-state index contributed by atoms with van der Waals surface area (Å²) in [7, 11) is 1.55. The highest BCUT2D eigenvalue weighted by atomic mass is 19.1. The van der Waals surface area contributed by atoms with Gasteiger partial charge in [-0.25, -0.2) is 8.78 Å². The molecular weight excluding hydrogens is 462 g/mol. The zero-order valence-electron chi connectivity index (χ0n) is 19.5. The first-order valence-electron chi connectivity index (χ1n) is 11.3. The standard InChI is InChI=1S/C28H24F2N4O2/c1-31-28(36)20-7-4-6-19(15-20)24-9-5-11-33-27(24)25(14-18-12-21(29)16-22(30)13-18)34-26(35)17-23-8-2-3-10-32-23/h2-13,15-16,25H,14,17H2,1H3,(H,31,36)(H,34,35)/t25-/m0/s1. The lowest BCUT2D eigenvalue weighted by atomic mass is 9.94.